The van der Waals surface area contributed by atoms with Crippen LogP contribution in [0.3, 0.4) is 0 Å². The van der Waals surface area contributed by atoms with Crippen LogP contribution in [0.25, 0.3) is 0 Å². The number of allylic oxidation sites excluding steroid dienone is 5. The van der Waals surface area contributed by atoms with E-state index < -0.39 is 0 Å². The van der Waals surface area contributed by atoms with Crippen molar-refractivity contribution in [3.8, 4) is 0 Å². The molecule has 0 fully saturated rings. The Labute approximate surface area is 121 Å². The monoisotopic (exact) mass is 271 g/mol. The lowest BCUT2D eigenvalue weighted by Gasteiger charge is -2.31. The van der Waals surface area contributed by atoms with Gasteiger partial charge in [-0.15, -0.1) is 0 Å². The molecule has 2 atom stereocenters. The molecular weight excluding hydrogens is 246 g/mol. The molecule has 3 nitrogen and oxygen atoms in total. The van der Waals surface area contributed by atoms with Crippen LogP contribution in [0.15, 0.2) is 48.0 Å². The largest absolute Gasteiger partial charge is 0.357 e. The van der Waals surface area contributed by atoms with E-state index in [-0.39, 0.29) is 0 Å². The summed E-state index contributed by atoms with van der Waals surface area (Å²) in [5, 5.41) is 10.8. The highest BCUT2D eigenvalue weighted by Crippen LogP contribution is 2.17. The SMILES string of the molecule is C1=CCC(NC2CCC=C(NC3=CCCCC3)N2)C=C1. The van der Waals surface area contributed by atoms with Crippen LogP contribution < -0.4 is 16.0 Å². The first-order valence-corrected chi connectivity index (χ1v) is 7.92. The van der Waals surface area contributed by atoms with Gasteiger partial charge in [0.05, 0.1) is 12.0 Å². The molecule has 1 heterocycles. The van der Waals surface area contributed by atoms with E-state index in [0.29, 0.717) is 12.2 Å². The number of rotatable bonds is 4. The van der Waals surface area contributed by atoms with Crippen LogP contribution in [0.2, 0.25) is 0 Å². The van der Waals surface area contributed by atoms with Gasteiger partial charge in [-0.05, 0) is 51.0 Å². The van der Waals surface area contributed by atoms with E-state index in [1.165, 1.54) is 37.2 Å². The van der Waals surface area contributed by atoms with Gasteiger partial charge in [-0.1, -0.05) is 30.4 Å². The highest BCUT2D eigenvalue weighted by Gasteiger charge is 2.17. The highest BCUT2D eigenvalue weighted by atomic mass is 15.2. The van der Waals surface area contributed by atoms with Crippen molar-refractivity contribution >= 4 is 0 Å². The lowest BCUT2D eigenvalue weighted by molar-refractivity contribution is 0.381. The predicted octanol–water partition coefficient (Wildman–Crippen LogP) is 3.06. The lowest BCUT2D eigenvalue weighted by atomic mass is 10.0. The third-order valence-electron chi connectivity index (χ3n) is 4.12. The van der Waals surface area contributed by atoms with Gasteiger partial charge >= 0.3 is 0 Å². The lowest BCUT2D eigenvalue weighted by Crippen LogP contribution is -2.49. The molecule has 0 bridgehead atoms. The van der Waals surface area contributed by atoms with Crippen LogP contribution in [0, 0.1) is 0 Å². The van der Waals surface area contributed by atoms with E-state index in [4.69, 9.17) is 0 Å². The Morgan fingerprint density at radius 1 is 1.10 bits per heavy atom. The van der Waals surface area contributed by atoms with Gasteiger partial charge in [-0.25, -0.2) is 0 Å². The average molecular weight is 271 g/mol. The third-order valence-corrected chi connectivity index (χ3v) is 4.12. The maximum absolute atomic E-state index is 3.68. The molecule has 2 unspecified atom stereocenters. The Balaban J connectivity index is 1.50. The van der Waals surface area contributed by atoms with Crippen LogP contribution in [-0.2, 0) is 0 Å². The molecule has 0 aromatic heterocycles. The summed E-state index contributed by atoms with van der Waals surface area (Å²) < 4.78 is 0. The van der Waals surface area contributed by atoms with Gasteiger partial charge in [0.2, 0.25) is 0 Å². The summed E-state index contributed by atoms with van der Waals surface area (Å²) in [5.74, 6) is 1.18. The normalized spacial score (nSPS) is 29.4. The zero-order valence-electron chi connectivity index (χ0n) is 12.1. The van der Waals surface area contributed by atoms with Crippen LogP contribution in [0.4, 0.5) is 0 Å². The van der Waals surface area contributed by atoms with Crippen molar-refractivity contribution < 1.29 is 0 Å². The summed E-state index contributed by atoms with van der Waals surface area (Å²) >= 11 is 0. The Morgan fingerprint density at radius 2 is 2.10 bits per heavy atom. The highest BCUT2D eigenvalue weighted by molar-refractivity contribution is 5.16. The molecule has 3 rings (SSSR count). The molecule has 0 aromatic carbocycles. The third kappa shape index (κ3) is 3.76. The van der Waals surface area contributed by atoms with Crippen molar-refractivity contribution in [2.45, 2.75) is 57.2 Å². The molecule has 0 amide bonds. The quantitative estimate of drug-likeness (QED) is 0.735. The molecule has 2 aliphatic carbocycles. The van der Waals surface area contributed by atoms with Crippen LogP contribution >= 0.6 is 0 Å². The summed E-state index contributed by atoms with van der Waals surface area (Å²) in [5.41, 5.74) is 1.39. The van der Waals surface area contributed by atoms with Crippen molar-refractivity contribution in [2.24, 2.45) is 0 Å². The van der Waals surface area contributed by atoms with Gasteiger partial charge in [0.25, 0.3) is 0 Å². The van der Waals surface area contributed by atoms with Gasteiger partial charge < -0.3 is 10.6 Å². The van der Waals surface area contributed by atoms with Crippen molar-refractivity contribution in [1.29, 1.82) is 0 Å². The van der Waals surface area contributed by atoms with Gasteiger partial charge in [-0.2, -0.15) is 0 Å². The number of hydrogen-bond acceptors (Lipinski definition) is 3. The molecule has 0 spiro atoms. The molecule has 3 N–H and O–H groups in total. The zero-order chi connectivity index (χ0) is 13.6. The Hall–Kier alpha value is -1.48. The minimum Gasteiger partial charge on any atom is -0.357 e. The minimum absolute atomic E-state index is 0.368. The fraction of sp³-hybridized carbons (Fsp3) is 0.529. The summed E-state index contributed by atoms with van der Waals surface area (Å²) in [6.07, 6.45) is 22.1. The van der Waals surface area contributed by atoms with E-state index in [0.717, 1.165) is 19.3 Å². The van der Waals surface area contributed by atoms with Gasteiger partial charge in [0, 0.05) is 11.7 Å². The molecule has 0 saturated heterocycles. The minimum atomic E-state index is 0.368. The van der Waals surface area contributed by atoms with Gasteiger partial charge in [-0.3, -0.25) is 5.32 Å². The maximum Gasteiger partial charge on any atom is 0.0999 e. The summed E-state index contributed by atoms with van der Waals surface area (Å²) in [6.45, 7) is 0. The van der Waals surface area contributed by atoms with E-state index in [1.54, 1.807) is 0 Å². The van der Waals surface area contributed by atoms with Crippen molar-refractivity contribution in [3.63, 3.8) is 0 Å². The van der Waals surface area contributed by atoms with Gasteiger partial charge in [0.1, 0.15) is 0 Å². The van der Waals surface area contributed by atoms with Crippen molar-refractivity contribution in [1.82, 2.24) is 16.0 Å². The van der Waals surface area contributed by atoms with E-state index in [2.05, 4.69) is 52.4 Å². The Kier molecular flexibility index (Phi) is 4.59. The molecule has 3 heteroatoms. The summed E-state index contributed by atoms with van der Waals surface area (Å²) in [6, 6.07) is 0.464. The Morgan fingerprint density at radius 3 is 2.90 bits per heavy atom. The molecular formula is C17H25N3. The number of nitrogens with one attached hydrogen (secondary N) is 3. The molecule has 0 aromatic rings. The van der Waals surface area contributed by atoms with E-state index in [1.807, 2.05) is 0 Å². The zero-order valence-corrected chi connectivity index (χ0v) is 12.1. The Bertz CT molecular complexity index is 445. The fourth-order valence-electron chi connectivity index (χ4n) is 3.01. The molecule has 108 valence electrons. The van der Waals surface area contributed by atoms with Crippen LogP contribution in [0.1, 0.15) is 44.9 Å². The van der Waals surface area contributed by atoms with Crippen molar-refractivity contribution in [2.75, 3.05) is 0 Å². The van der Waals surface area contributed by atoms with Gasteiger partial charge in [0.15, 0.2) is 0 Å². The van der Waals surface area contributed by atoms with Crippen molar-refractivity contribution in [3.05, 3.63) is 48.0 Å². The maximum atomic E-state index is 3.68. The first kappa shape index (κ1) is 13.5. The molecule has 20 heavy (non-hydrogen) atoms. The average Bonchev–Trinajstić information content (AvgIpc) is 2.50. The fourth-order valence-corrected chi connectivity index (χ4v) is 3.01. The predicted molar refractivity (Wildman–Crippen MR) is 83.7 cm³/mol. The standard InChI is InChI=1S/C17H25N3/c1-3-8-14(9-4-1)18-16-12-7-13-17(20-16)19-15-10-5-2-6-11-15/h1,3-4,8,10,13-14,16,18-20H,2,5-7,9,11-12H2. The smallest absolute Gasteiger partial charge is 0.0999 e. The van der Waals surface area contributed by atoms with Crippen LogP contribution in [-0.4, -0.2) is 12.2 Å². The second-order valence-corrected chi connectivity index (χ2v) is 5.81. The summed E-state index contributed by atoms with van der Waals surface area (Å²) in [4.78, 5) is 0. The first-order valence-electron chi connectivity index (χ1n) is 7.92. The van der Waals surface area contributed by atoms with Crippen LogP contribution in [0.5, 0.6) is 0 Å². The van der Waals surface area contributed by atoms with E-state index >= 15 is 0 Å². The summed E-state index contributed by atoms with van der Waals surface area (Å²) in [7, 11) is 0. The number of hydrogen-bond donors (Lipinski definition) is 3. The molecule has 0 radical (unpaired) electrons. The second kappa shape index (κ2) is 6.80. The molecule has 0 saturated carbocycles. The second-order valence-electron chi connectivity index (χ2n) is 5.81. The molecule has 1 aliphatic heterocycles. The topological polar surface area (TPSA) is 36.1 Å². The first-order chi connectivity index (χ1) is 9.90. The molecule has 3 aliphatic rings. The van der Waals surface area contributed by atoms with E-state index in [9.17, 15) is 0 Å².